The molecule has 0 spiro atoms. The molecular formula is C27H34N6O2. The van der Waals surface area contributed by atoms with Crippen LogP contribution in [0.2, 0.25) is 0 Å². The minimum Gasteiger partial charge on any atom is -0.466 e. The predicted octanol–water partition coefficient (Wildman–Crippen LogP) is 5.37. The van der Waals surface area contributed by atoms with Crippen LogP contribution in [0.4, 0.5) is 29.2 Å². The third-order valence-electron chi connectivity index (χ3n) is 6.20. The minimum atomic E-state index is -0.188. The molecule has 0 unspecified atom stereocenters. The number of esters is 1. The van der Waals surface area contributed by atoms with E-state index in [1.54, 1.807) is 0 Å². The molecule has 1 atom stereocenters. The molecule has 2 N–H and O–H groups in total. The van der Waals surface area contributed by atoms with E-state index in [1.165, 1.54) is 11.1 Å². The van der Waals surface area contributed by atoms with E-state index in [4.69, 9.17) is 14.7 Å². The van der Waals surface area contributed by atoms with Crippen LogP contribution in [-0.4, -0.2) is 40.6 Å². The number of aryl methyl sites for hydroxylation is 4. The van der Waals surface area contributed by atoms with Gasteiger partial charge in [0, 0.05) is 24.5 Å². The van der Waals surface area contributed by atoms with E-state index in [2.05, 4.69) is 67.6 Å². The first-order chi connectivity index (χ1) is 16.8. The van der Waals surface area contributed by atoms with Crippen LogP contribution >= 0.6 is 0 Å². The first-order valence-corrected chi connectivity index (χ1v) is 12.2. The maximum Gasteiger partial charge on any atom is 0.310 e. The third kappa shape index (κ3) is 6.07. The second-order valence-corrected chi connectivity index (χ2v) is 9.21. The van der Waals surface area contributed by atoms with E-state index in [-0.39, 0.29) is 11.9 Å². The number of benzene rings is 2. The SMILES string of the molecule is CCOC(=O)[C@H]1CCCN(c2nc(Nc3ccc(C)cc3C)nc(Nc3ccc(C)cc3C)n2)C1. The van der Waals surface area contributed by atoms with Crippen LogP contribution in [0.5, 0.6) is 0 Å². The molecule has 0 amide bonds. The zero-order valence-electron chi connectivity index (χ0n) is 21.2. The first kappa shape index (κ1) is 24.4. The van der Waals surface area contributed by atoms with Crippen LogP contribution in [0.15, 0.2) is 36.4 Å². The van der Waals surface area contributed by atoms with Gasteiger partial charge < -0.3 is 20.3 Å². The predicted molar refractivity (Wildman–Crippen MR) is 140 cm³/mol. The molecule has 4 rings (SSSR count). The molecule has 1 aliphatic heterocycles. The lowest BCUT2D eigenvalue weighted by atomic mass is 9.98. The molecule has 3 aromatic rings. The summed E-state index contributed by atoms with van der Waals surface area (Å²) in [5.41, 5.74) is 6.48. The highest BCUT2D eigenvalue weighted by atomic mass is 16.5. The summed E-state index contributed by atoms with van der Waals surface area (Å²) in [4.78, 5) is 28.6. The molecule has 8 heteroatoms. The average Bonchev–Trinajstić information content (AvgIpc) is 2.83. The quantitative estimate of drug-likeness (QED) is 0.442. The number of hydrogen-bond acceptors (Lipinski definition) is 8. The van der Waals surface area contributed by atoms with Gasteiger partial charge >= 0.3 is 5.97 Å². The summed E-state index contributed by atoms with van der Waals surface area (Å²) >= 11 is 0. The van der Waals surface area contributed by atoms with Crippen LogP contribution in [0.1, 0.15) is 42.0 Å². The Morgan fingerprint density at radius 2 is 1.51 bits per heavy atom. The molecule has 0 saturated carbocycles. The molecule has 1 aliphatic rings. The van der Waals surface area contributed by atoms with Crippen molar-refractivity contribution in [3.63, 3.8) is 0 Å². The molecular weight excluding hydrogens is 440 g/mol. The Labute approximate surface area is 207 Å². The van der Waals surface area contributed by atoms with Crippen LogP contribution in [0, 0.1) is 33.6 Å². The van der Waals surface area contributed by atoms with Crippen molar-refractivity contribution in [1.29, 1.82) is 0 Å². The van der Waals surface area contributed by atoms with Gasteiger partial charge in [-0.2, -0.15) is 15.0 Å². The van der Waals surface area contributed by atoms with Crippen molar-refractivity contribution in [2.45, 2.75) is 47.5 Å². The molecule has 0 aliphatic carbocycles. The van der Waals surface area contributed by atoms with E-state index in [9.17, 15) is 4.79 Å². The summed E-state index contributed by atoms with van der Waals surface area (Å²) in [6.07, 6.45) is 1.68. The minimum absolute atomic E-state index is 0.159. The van der Waals surface area contributed by atoms with Crippen molar-refractivity contribution in [2.75, 3.05) is 35.2 Å². The highest BCUT2D eigenvalue weighted by Gasteiger charge is 2.29. The summed E-state index contributed by atoms with van der Waals surface area (Å²) in [5.74, 6) is 1.09. The standard InChI is InChI=1S/C27H34N6O2/c1-6-35-24(34)21-8-7-13-33(16-21)27-31-25(28-22-11-9-17(2)14-19(22)4)30-26(32-27)29-23-12-10-18(3)15-20(23)5/h9-12,14-15,21H,6-8,13,16H2,1-5H3,(H2,28,29,30,31,32)/t21-/m0/s1. The first-order valence-electron chi connectivity index (χ1n) is 12.2. The number of hydrogen-bond donors (Lipinski definition) is 2. The van der Waals surface area contributed by atoms with E-state index >= 15 is 0 Å². The number of nitrogens with one attached hydrogen (secondary N) is 2. The fourth-order valence-electron chi connectivity index (χ4n) is 4.38. The van der Waals surface area contributed by atoms with Crippen molar-refractivity contribution >= 4 is 35.2 Å². The van der Waals surface area contributed by atoms with E-state index in [0.29, 0.717) is 31.0 Å². The molecule has 1 saturated heterocycles. The highest BCUT2D eigenvalue weighted by molar-refractivity contribution is 5.73. The molecule has 2 heterocycles. The van der Waals surface area contributed by atoms with Gasteiger partial charge in [-0.25, -0.2) is 0 Å². The van der Waals surface area contributed by atoms with Crippen LogP contribution in [-0.2, 0) is 9.53 Å². The molecule has 2 aromatic carbocycles. The van der Waals surface area contributed by atoms with Gasteiger partial charge in [0.2, 0.25) is 17.8 Å². The fourth-order valence-corrected chi connectivity index (χ4v) is 4.38. The van der Waals surface area contributed by atoms with E-state index < -0.39 is 0 Å². The van der Waals surface area contributed by atoms with Gasteiger partial charge in [-0.15, -0.1) is 0 Å². The van der Waals surface area contributed by atoms with Gasteiger partial charge in [0.25, 0.3) is 0 Å². The number of ether oxygens (including phenoxy) is 1. The average molecular weight is 475 g/mol. The number of carbonyl (C=O) groups excluding carboxylic acids is 1. The summed E-state index contributed by atoms with van der Waals surface area (Å²) in [7, 11) is 0. The van der Waals surface area contributed by atoms with Crippen LogP contribution < -0.4 is 15.5 Å². The van der Waals surface area contributed by atoms with Crippen molar-refractivity contribution in [3.8, 4) is 0 Å². The lowest BCUT2D eigenvalue weighted by molar-refractivity contribution is -0.148. The molecule has 1 aromatic heterocycles. The van der Waals surface area contributed by atoms with E-state index in [0.717, 1.165) is 41.9 Å². The number of anilines is 5. The smallest absolute Gasteiger partial charge is 0.310 e. The maximum absolute atomic E-state index is 12.4. The normalized spacial score (nSPS) is 15.6. The molecule has 184 valence electrons. The second-order valence-electron chi connectivity index (χ2n) is 9.21. The summed E-state index contributed by atoms with van der Waals surface area (Å²) < 4.78 is 5.27. The van der Waals surface area contributed by atoms with Crippen molar-refractivity contribution in [3.05, 3.63) is 58.7 Å². The lowest BCUT2D eigenvalue weighted by Crippen LogP contribution is -2.40. The highest BCUT2D eigenvalue weighted by Crippen LogP contribution is 2.27. The van der Waals surface area contributed by atoms with Gasteiger partial charge in [-0.3, -0.25) is 4.79 Å². The van der Waals surface area contributed by atoms with Crippen LogP contribution in [0.25, 0.3) is 0 Å². The fraction of sp³-hybridized carbons (Fsp3) is 0.407. The van der Waals surface area contributed by atoms with Gasteiger partial charge in [0.05, 0.1) is 12.5 Å². The van der Waals surface area contributed by atoms with Crippen LogP contribution in [0.3, 0.4) is 0 Å². The van der Waals surface area contributed by atoms with Crippen molar-refractivity contribution < 1.29 is 9.53 Å². The summed E-state index contributed by atoms with van der Waals surface area (Å²) in [6.45, 7) is 11.8. The van der Waals surface area contributed by atoms with Gasteiger partial charge in [-0.05, 0) is 70.7 Å². The monoisotopic (exact) mass is 474 g/mol. The summed E-state index contributed by atoms with van der Waals surface area (Å²) in [6, 6.07) is 12.4. The summed E-state index contributed by atoms with van der Waals surface area (Å²) in [5, 5.41) is 6.73. The van der Waals surface area contributed by atoms with Gasteiger partial charge in [0.1, 0.15) is 0 Å². The Morgan fingerprint density at radius 3 is 2.03 bits per heavy atom. The Kier molecular flexibility index (Phi) is 7.48. The Bertz CT molecular complexity index is 1140. The molecule has 1 fully saturated rings. The van der Waals surface area contributed by atoms with Crippen molar-refractivity contribution in [2.24, 2.45) is 5.92 Å². The zero-order chi connectivity index (χ0) is 24.9. The topological polar surface area (TPSA) is 92.3 Å². The number of carbonyl (C=O) groups is 1. The Morgan fingerprint density at radius 1 is 0.943 bits per heavy atom. The lowest BCUT2D eigenvalue weighted by Gasteiger charge is -2.31. The van der Waals surface area contributed by atoms with Crippen molar-refractivity contribution in [1.82, 2.24) is 15.0 Å². The third-order valence-corrected chi connectivity index (χ3v) is 6.20. The van der Waals surface area contributed by atoms with E-state index in [1.807, 2.05) is 24.0 Å². The molecule has 35 heavy (non-hydrogen) atoms. The molecule has 0 radical (unpaired) electrons. The number of aromatic nitrogens is 3. The largest absolute Gasteiger partial charge is 0.466 e. The Hall–Kier alpha value is -3.68. The Balaban J connectivity index is 1.67. The maximum atomic E-state index is 12.4. The zero-order valence-corrected chi connectivity index (χ0v) is 21.2. The number of rotatable bonds is 7. The molecule has 8 nitrogen and oxygen atoms in total. The number of nitrogens with zero attached hydrogens (tertiary/aromatic N) is 4. The van der Waals surface area contributed by atoms with Gasteiger partial charge in [0.15, 0.2) is 0 Å². The molecule has 0 bridgehead atoms. The van der Waals surface area contributed by atoms with Gasteiger partial charge in [-0.1, -0.05) is 35.4 Å². The second kappa shape index (κ2) is 10.7. The number of piperidine rings is 1.